The zero-order valence-electron chi connectivity index (χ0n) is 21.7. The van der Waals surface area contributed by atoms with Gasteiger partial charge < -0.3 is 20.4 Å². The van der Waals surface area contributed by atoms with Crippen LogP contribution in [0.1, 0.15) is 93.2 Å². The van der Waals surface area contributed by atoms with Gasteiger partial charge in [0.25, 0.3) is 0 Å². The lowest BCUT2D eigenvalue weighted by atomic mass is 9.69. The zero-order chi connectivity index (χ0) is 25.1. The lowest BCUT2D eigenvalue weighted by molar-refractivity contribution is 0.270. The lowest BCUT2D eigenvalue weighted by Gasteiger charge is -2.36. The molecule has 0 saturated carbocycles. The fraction of sp³-hybridized carbons (Fsp3) is 0.571. The van der Waals surface area contributed by atoms with E-state index in [1.165, 1.54) is 24.3 Å². The summed E-state index contributed by atoms with van der Waals surface area (Å²) in [6.07, 6.45) is 1.86. The highest BCUT2D eigenvalue weighted by atomic mass is 16.3. The lowest BCUT2D eigenvalue weighted by Crippen LogP contribution is -2.27. The molecule has 0 bridgehead atoms. The summed E-state index contributed by atoms with van der Waals surface area (Å²) in [6.45, 7) is 21.7. The van der Waals surface area contributed by atoms with Gasteiger partial charge in [-0.05, 0) is 70.9 Å². The number of rotatable bonds is 4. The highest BCUT2D eigenvalue weighted by molar-refractivity contribution is 5.51. The molecule has 0 heterocycles. The second kappa shape index (κ2) is 9.64. The minimum atomic E-state index is -0.202. The molecule has 0 amide bonds. The van der Waals surface area contributed by atoms with Crippen LogP contribution >= 0.6 is 0 Å². The molecule has 2 rings (SSSR count). The Morgan fingerprint density at radius 3 is 0.969 bits per heavy atom. The molecule has 180 valence electrons. The van der Waals surface area contributed by atoms with Crippen LogP contribution in [0.5, 0.6) is 23.0 Å². The molecule has 4 heteroatoms. The third-order valence-corrected chi connectivity index (χ3v) is 5.37. The van der Waals surface area contributed by atoms with Crippen LogP contribution in [0.25, 0.3) is 0 Å². The quantitative estimate of drug-likeness (QED) is 0.366. The summed E-state index contributed by atoms with van der Waals surface area (Å²) in [4.78, 5) is 0. The van der Waals surface area contributed by atoms with E-state index in [0.717, 1.165) is 24.0 Å². The molecule has 32 heavy (non-hydrogen) atoms. The molecule has 0 radical (unpaired) electrons. The number of hydrogen-bond acceptors (Lipinski definition) is 4. The minimum absolute atomic E-state index is 0.149. The predicted molar refractivity (Wildman–Crippen MR) is 134 cm³/mol. The van der Waals surface area contributed by atoms with E-state index < -0.39 is 0 Å². The second-order valence-corrected chi connectivity index (χ2v) is 12.6. The molecule has 0 saturated heterocycles. The molecular weight excluding hydrogens is 400 g/mol. The molecule has 0 aliphatic carbocycles. The first-order valence-corrected chi connectivity index (χ1v) is 11.3. The van der Waals surface area contributed by atoms with Gasteiger partial charge in [0.1, 0.15) is 23.0 Å². The average Bonchev–Trinajstić information content (AvgIpc) is 2.55. The Morgan fingerprint density at radius 2 is 0.750 bits per heavy atom. The molecule has 0 spiro atoms. The fourth-order valence-corrected chi connectivity index (χ4v) is 4.96. The van der Waals surface area contributed by atoms with Crippen molar-refractivity contribution in [2.24, 2.45) is 10.8 Å². The molecule has 0 unspecified atom stereocenters. The summed E-state index contributed by atoms with van der Waals surface area (Å²) in [5, 5.41) is 38.7. The van der Waals surface area contributed by atoms with Crippen LogP contribution in [0, 0.1) is 10.8 Å². The molecule has 0 aliphatic heterocycles. The summed E-state index contributed by atoms with van der Waals surface area (Å²) < 4.78 is 0. The van der Waals surface area contributed by atoms with Crippen LogP contribution in [0.2, 0.25) is 0 Å². The first-order valence-electron chi connectivity index (χ1n) is 11.3. The van der Waals surface area contributed by atoms with E-state index in [1.54, 1.807) is 12.1 Å². The average molecular weight is 445 g/mol. The van der Waals surface area contributed by atoms with Gasteiger partial charge in [0.2, 0.25) is 0 Å². The van der Waals surface area contributed by atoms with E-state index in [9.17, 15) is 10.2 Å². The number of benzene rings is 2. The summed E-state index contributed by atoms with van der Waals surface area (Å²) in [7, 11) is 0. The van der Waals surface area contributed by atoms with Crippen molar-refractivity contribution in [3.8, 4) is 23.0 Å². The van der Waals surface area contributed by atoms with E-state index in [2.05, 4.69) is 69.2 Å². The fourth-order valence-electron chi connectivity index (χ4n) is 4.96. The largest absolute Gasteiger partial charge is 0.508 e. The van der Waals surface area contributed by atoms with E-state index in [-0.39, 0.29) is 33.2 Å². The van der Waals surface area contributed by atoms with E-state index in [1.807, 2.05) is 0 Å². The molecular formula is C28H44O4. The van der Waals surface area contributed by atoms with Crippen molar-refractivity contribution >= 4 is 0 Å². The van der Waals surface area contributed by atoms with Gasteiger partial charge in [0, 0.05) is 11.1 Å². The highest BCUT2D eigenvalue weighted by Crippen LogP contribution is 2.46. The van der Waals surface area contributed by atoms with E-state index >= 15 is 0 Å². The molecule has 0 fully saturated rings. The number of aromatic hydroxyl groups is 4. The number of hydrogen-bond donors (Lipinski definition) is 4. The molecule has 4 nitrogen and oxygen atoms in total. The third-order valence-electron chi connectivity index (χ3n) is 5.37. The zero-order valence-corrected chi connectivity index (χ0v) is 21.7. The Bertz CT molecular complexity index is 805. The maximum Gasteiger partial charge on any atom is 0.119 e. The molecule has 2 aromatic carbocycles. The smallest absolute Gasteiger partial charge is 0.119 e. The van der Waals surface area contributed by atoms with Gasteiger partial charge in [-0.1, -0.05) is 69.2 Å². The maximum absolute atomic E-state index is 10.7. The van der Waals surface area contributed by atoms with Crippen LogP contribution in [0.4, 0.5) is 0 Å². The Balaban J connectivity index is 0.000000533. The van der Waals surface area contributed by atoms with Crippen LogP contribution in [-0.2, 0) is 10.8 Å². The topological polar surface area (TPSA) is 80.9 Å². The SMILES string of the molecule is CC(C)(C)CC(C)(C)c1cc(O)c(C(C)(C)CC(C)(C)C)cc1O.Oc1ccc(O)cc1. The van der Waals surface area contributed by atoms with Gasteiger partial charge in [-0.15, -0.1) is 0 Å². The van der Waals surface area contributed by atoms with Crippen molar-refractivity contribution in [3.63, 3.8) is 0 Å². The van der Waals surface area contributed by atoms with Gasteiger partial charge in [-0.25, -0.2) is 0 Å². The maximum atomic E-state index is 10.7. The second-order valence-electron chi connectivity index (χ2n) is 12.6. The van der Waals surface area contributed by atoms with Crippen LogP contribution in [-0.4, -0.2) is 20.4 Å². The normalized spacial score (nSPS) is 12.8. The number of phenolic OH excluding ortho intramolecular Hbond substituents is 4. The van der Waals surface area contributed by atoms with Crippen LogP contribution in [0.3, 0.4) is 0 Å². The van der Waals surface area contributed by atoms with Crippen molar-refractivity contribution in [3.05, 3.63) is 47.5 Å². The number of phenols is 4. The van der Waals surface area contributed by atoms with Crippen molar-refractivity contribution < 1.29 is 20.4 Å². The monoisotopic (exact) mass is 444 g/mol. The molecule has 0 atom stereocenters. The van der Waals surface area contributed by atoms with Crippen LogP contribution in [0.15, 0.2) is 36.4 Å². The Labute approximate surface area is 195 Å². The van der Waals surface area contributed by atoms with Crippen LogP contribution < -0.4 is 0 Å². The first kappa shape index (κ1) is 27.7. The molecule has 0 aliphatic rings. The van der Waals surface area contributed by atoms with Gasteiger partial charge in [-0.2, -0.15) is 0 Å². The van der Waals surface area contributed by atoms with Crippen molar-refractivity contribution in [1.29, 1.82) is 0 Å². The minimum Gasteiger partial charge on any atom is -0.508 e. The van der Waals surface area contributed by atoms with E-state index in [4.69, 9.17) is 10.2 Å². The first-order chi connectivity index (χ1) is 14.2. The molecule has 4 N–H and O–H groups in total. The summed E-state index contributed by atoms with van der Waals surface area (Å²) in [5.41, 5.74) is 1.54. The van der Waals surface area contributed by atoms with Crippen molar-refractivity contribution in [2.75, 3.05) is 0 Å². The standard InChI is InChI=1S/C22H38O2.C6H6O2/c1-19(2,3)13-21(7,8)15-11-18(24)16(12-17(15)23)22(9,10)14-20(4,5)6;7-5-1-2-6(8)4-3-5/h11-12,23-24H,13-14H2,1-10H3;1-4,7-8H. The van der Waals surface area contributed by atoms with Crippen molar-refractivity contribution in [2.45, 2.75) is 92.9 Å². The highest BCUT2D eigenvalue weighted by Gasteiger charge is 2.34. The molecule has 0 aromatic heterocycles. The Morgan fingerprint density at radius 1 is 0.500 bits per heavy atom. The Hall–Kier alpha value is -2.36. The van der Waals surface area contributed by atoms with Crippen molar-refractivity contribution in [1.82, 2.24) is 0 Å². The van der Waals surface area contributed by atoms with Gasteiger partial charge >= 0.3 is 0 Å². The summed E-state index contributed by atoms with van der Waals surface area (Å²) in [6, 6.07) is 9.26. The van der Waals surface area contributed by atoms with E-state index in [0.29, 0.717) is 11.5 Å². The third kappa shape index (κ3) is 8.64. The summed E-state index contributed by atoms with van der Waals surface area (Å²) >= 11 is 0. The Kier molecular flexibility index (Phi) is 8.34. The van der Waals surface area contributed by atoms with Gasteiger partial charge in [0.15, 0.2) is 0 Å². The predicted octanol–water partition coefficient (Wildman–Crippen LogP) is 7.62. The van der Waals surface area contributed by atoms with Gasteiger partial charge in [0.05, 0.1) is 0 Å². The molecule has 2 aromatic rings. The van der Waals surface area contributed by atoms with Gasteiger partial charge in [-0.3, -0.25) is 0 Å². The summed E-state index contributed by atoms with van der Waals surface area (Å²) in [5.74, 6) is 0.920.